The first kappa shape index (κ1) is 9.96. The van der Waals surface area contributed by atoms with Crippen LogP contribution in [0.15, 0.2) is 12.7 Å². The van der Waals surface area contributed by atoms with Crippen molar-refractivity contribution in [2.24, 2.45) is 5.73 Å². The summed E-state index contributed by atoms with van der Waals surface area (Å²) in [5.74, 6) is -1.29. The highest BCUT2D eigenvalue weighted by atomic mass is 16.6. The number of carboxylic acids is 1. The predicted molar refractivity (Wildman–Crippen MR) is 42.1 cm³/mol. The van der Waals surface area contributed by atoms with Crippen molar-refractivity contribution >= 4 is 12.1 Å². The normalized spacial score (nSPS) is 12.0. The highest BCUT2D eigenvalue weighted by molar-refractivity contribution is 5.76. The number of aliphatic carboxylic acids is 1. The van der Waals surface area contributed by atoms with E-state index < -0.39 is 18.2 Å². The Labute approximate surface area is 78.3 Å². The van der Waals surface area contributed by atoms with Gasteiger partial charge in [0.05, 0.1) is 6.54 Å². The Balaban J connectivity index is 2.60. The summed E-state index contributed by atoms with van der Waals surface area (Å²) in [5, 5.41) is 12.3. The molecule has 0 bridgehead atoms. The molecule has 8 heteroatoms. The Morgan fingerprint density at radius 2 is 2.36 bits per heavy atom. The Bertz CT molecular complexity index is 323. The molecule has 1 unspecified atom stereocenters. The molecule has 1 atom stereocenters. The molecule has 0 aliphatic rings. The fourth-order valence-electron chi connectivity index (χ4n) is 0.803. The molecule has 14 heavy (non-hydrogen) atoms. The van der Waals surface area contributed by atoms with Crippen LogP contribution >= 0.6 is 0 Å². The zero-order chi connectivity index (χ0) is 10.6. The van der Waals surface area contributed by atoms with E-state index in [1.807, 2.05) is 0 Å². The van der Waals surface area contributed by atoms with E-state index in [0.717, 1.165) is 0 Å². The number of amides is 1. The number of hydrogen-bond donors (Lipinski definition) is 2. The highest BCUT2D eigenvalue weighted by Crippen LogP contribution is 1.96. The number of carboxylic acid groups (broad SMARTS) is 1. The predicted octanol–water partition coefficient (Wildman–Crippen LogP) is -1.17. The Morgan fingerprint density at radius 1 is 1.64 bits per heavy atom. The SMILES string of the molecule is NC(=O)OC(Cn1cncn1)C(=O)O. The second kappa shape index (κ2) is 4.21. The molecule has 0 aliphatic carbocycles. The quantitative estimate of drug-likeness (QED) is 0.631. The maximum atomic E-state index is 10.6. The minimum Gasteiger partial charge on any atom is -0.478 e. The summed E-state index contributed by atoms with van der Waals surface area (Å²) in [6, 6.07) is 0. The minimum atomic E-state index is -1.35. The maximum Gasteiger partial charge on any atom is 0.405 e. The summed E-state index contributed by atoms with van der Waals surface area (Å²) >= 11 is 0. The number of nitrogens with zero attached hydrogens (tertiary/aromatic N) is 3. The average molecular weight is 200 g/mol. The third-order valence-corrected chi connectivity index (χ3v) is 1.35. The fourth-order valence-corrected chi connectivity index (χ4v) is 0.803. The molecule has 1 aromatic rings. The first-order chi connectivity index (χ1) is 6.59. The van der Waals surface area contributed by atoms with Gasteiger partial charge in [0, 0.05) is 0 Å². The van der Waals surface area contributed by atoms with Crippen molar-refractivity contribution in [3.05, 3.63) is 12.7 Å². The molecular formula is C6H8N4O4. The molecule has 8 nitrogen and oxygen atoms in total. The molecule has 0 spiro atoms. The average Bonchev–Trinajstić information content (AvgIpc) is 2.54. The molecule has 0 aromatic carbocycles. The van der Waals surface area contributed by atoms with Gasteiger partial charge in [-0.05, 0) is 0 Å². The van der Waals surface area contributed by atoms with E-state index in [2.05, 4.69) is 14.8 Å². The third kappa shape index (κ3) is 2.73. The third-order valence-electron chi connectivity index (χ3n) is 1.35. The Kier molecular flexibility index (Phi) is 3.00. The zero-order valence-corrected chi connectivity index (χ0v) is 7.03. The number of ether oxygens (including phenoxy) is 1. The van der Waals surface area contributed by atoms with Crippen LogP contribution in [0.2, 0.25) is 0 Å². The number of primary amides is 1. The lowest BCUT2D eigenvalue weighted by atomic mass is 10.3. The van der Waals surface area contributed by atoms with Gasteiger partial charge in [-0.25, -0.2) is 19.3 Å². The van der Waals surface area contributed by atoms with Crippen LogP contribution in [0.4, 0.5) is 4.79 Å². The molecule has 3 N–H and O–H groups in total. The van der Waals surface area contributed by atoms with Crippen molar-refractivity contribution < 1.29 is 19.4 Å². The first-order valence-corrected chi connectivity index (χ1v) is 3.61. The highest BCUT2D eigenvalue weighted by Gasteiger charge is 2.21. The smallest absolute Gasteiger partial charge is 0.405 e. The molecule has 0 radical (unpaired) electrons. The fraction of sp³-hybridized carbons (Fsp3) is 0.333. The summed E-state index contributed by atoms with van der Waals surface area (Å²) in [7, 11) is 0. The van der Waals surface area contributed by atoms with Gasteiger partial charge in [0.15, 0.2) is 0 Å². The molecule has 0 saturated heterocycles. The van der Waals surface area contributed by atoms with Gasteiger partial charge in [0.2, 0.25) is 6.10 Å². The van der Waals surface area contributed by atoms with E-state index in [0.29, 0.717) is 0 Å². The number of nitrogens with two attached hydrogens (primary N) is 1. The van der Waals surface area contributed by atoms with Gasteiger partial charge in [-0.15, -0.1) is 0 Å². The van der Waals surface area contributed by atoms with Crippen molar-refractivity contribution in [1.29, 1.82) is 0 Å². The van der Waals surface area contributed by atoms with E-state index in [1.165, 1.54) is 17.3 Å². The van der Waals surface area contributed by atoms with E-state index in [-0.39, 0.29) is 6.54 Å². The van der Waals surface area contributed by atoms with Crippen LogP contribution in [-0.4, -0.2) is 38.0 Å². The Hall–Kier alpha value is -2.12. The van der Waals surface area contributed by atoms with Crippen LogP contribution in [-0.2, 0) is 16.1 Å². The van der Waals surface area contributed by atoms with Crippen molar-refractivity contribution in [3.8, 4) is 0 Å². The molecule has 1 rings (SSSR count). The van der Waals surface area contributed by atoms with Crippen LogP contribution in [0.25, 0.3) is 0 Å². The molecular weight excluding hydrogens is 192 g/mol. The van der Waals surface area contributed by atoms with Crippen molar-refractivity contribution in [3.63, 3.8) is 0 Å². The molecule has 76 valence electrons. The standard InChI is InChI=1S/C6H8N4O4/c7-6(13)14-4(5(11)12)1-10-3-8-2-9-10/h2-4H,1H2,(H2,7,13)(H,11,12). The van der Waals surface area contributed by atoms with Crippen LogP contribution in [0.1, 0.15) is 0 Å². The second-order valence-electron chi connectivity index (χ2n) is 2.38. The van der Waals surface area contributed by atoms with Gasteiger partial charge in [-0.1, -0.05) is 0 Å². The number of aromatic nitrogens is 3. The number of carbonyl (C=O) groups excluding carboxylic acids is 1. The van der Waals surface area contributed by atoms with E-state index in [9.17, 15) is 9.59 Å². The molecule has 1 amide bonds. The largest absolute Gasteiger partial charge is 0.478 e. The summed E-state index contributed by atoms with van der Waals surface area (Å²) in [6.45, 7) is -0.127. The van der Waals surface area contributed by atoms with Gasteiger partial charge in [0.1, 0.15) is 12.7 Å². The van der Waals surface area contributed by atoms with Gasteiger partial charge >= 0.3 is 12.1 Å². The van der Waals surface area contributed by atoms with Crippen molar-refractivity contribution in [1.82, 2.24) is 14.8 Å². The number of carbonyl (C=O) groups is 2. The van der Waals surface area contributed by atoms with Crippen LogP contribution in [0.3, 0.4) is 0 Å². The summed E-state index contributed by atoms with van der Waals surface area (Å²) in [5.41, 5.74) is 4.69. The van der Waals surface area contributed by atoms with Gasteiger partial charge in [0.25, 0.3) is 0 Å². The molecule has 0 fully saturated rings. The van der Waals surface area contributed by atoms with Gasteiger partial charge < -0.3 is 15.6 Å². The van der Waals surface area contributed by atoms with Crippen LogP contribution in [0, 0.1) is 0 Å². The minimum absolute atomic E-state index is 0.127. The van der Waals surface area contributed by atoms with Crippen molar-refractivity contribution in [2.45, 2.75) is 12.6 Å². The van der Waals surface area contributed by atoms with E-state index in [1.54, 1.807) is 0 Å². The number of hydrogen-bond acceptors (Lipinski definition) is 5. The lowest BCUT2D eigenvalue weighted by Gasteiger charge is -2.10. The molecule has 1 heterocycles. The topological polar surface area (TPSA) is 120 Å². The molecule has 1 aromatic heterocycles. The monoisotopic (exact) mass is 200 g/mol. The lowest BCUT2D eigenvalue weighted by Crippen LogP contribution is -2.33. The van der Waals surface area contributed by atoms with Crippen LogP contribution in [0.5, 0.6) is 0 Å². The lowest BCUT2D eigenvalue weighted by molar-refractivity contribution is -0.147. The Morgan fingerprint density at radius 3 is 2.79 bits per heavy atom. The van der Waals surface area contributed by atoms with Crippen LogP contribution < -0.4 is 5.73 Å². The van der Waals surface area contributed by atoms with Gasteiger partial charge in [-0.2, -0.15) is 5.10 Å². The number of rotatable bonds is 4. The van der Waals surface area contributed by atoms with Crippen molar-refractivity contribution in [2.75, 3.05) is 0 Å². The maximum absolute atomic E-state index is 10.6. The summed E-state index contributed by atoms with van der Waals surface area (Å²) in [6.07, 6.45) is 0.0513. The molecule has 0 saturated carbocycles. The first-order valence-electron chi connectivity index (χ1n) is 3.61. The van der Waals surface area contributed by atoms with E-state index in [4.69, 9.17) is 10.8 Å². The van der Waals surface area contributed by atoms with E-state index >= 15 is 0 Å². The molecule has 0 aliphatic heterocycles. The summed E-state index contributed by atoms with van der Waals surface area (Å²) in [4.78, 5) is 24.5. The van der Waals surface area contributed by atoms with Gasteiger partial charge in [-0.3, -0.25) is 0 Å². The second-order valence-corrected chi connectivity index (χ2v) is 2.38. The summed E-state index contributed by atoms with van der Waals surface area (Å²) < 4.78 is 5.56. The zero-order valence-electron chi connectivity index (χ0n) is 7.03.